The van der Waals surface area contributed by atoms with Gasteiger partial charge in [0.25, 0.3) is 11.8 Å². The second-order valence-corrected chi connectivity index (χ2v) is 8.09. The molecule has 1 aromatic heterocycles. The summed E-state index contributed by atoms with van der Waals surface area (Å²) in [5.41, 5.74) is 6.60. The number of nitrogens with two attached hydrogens (primary N) is 1. The lowest BCUT2D eigenvalue weighted by Gasteiger charge is -2.49. The van der Waals surface area contributed by atoms with Gasteiger partial charge >= 0.3 is 0 Å². The van der Waals surface area contributed by atoms with Gasteiger partial charge in [-0.3, -0.25) is 19.3 Å². The molecule has 9 nitrogen and oxygen atoms in total. The standard InChI is InChI=1S/C16H15N5O4S3/c1-3-4-7-5-27-14-10(13(23)21(14)11(7)15(24)26)19-12(22)9(20-25-2)8-6-28-16(17)18-8/h1,6,10,14H,4-5H2,2H3,(H2,17,18)(H,19,22)(H,24,26)/b20-9-/t10-,14-/m1/s1. The Morgan fingerprint density at radius 3 is 2.93 bits per heavy atom. The number of oxime groups is 1. The molecule has 0 radical (unpaired) electrons. The summed E-state index contributed by atoms with van der Waals surface area (Å²) in [5, 5.41) is 7.17. The Bertz CT molecular complexity index is 948. The zero-order valence-electron chi connectivity index (χ0n) is 14.5. The maximum Gasteiger partial charge on any atom is 0.276 e. The van der Waals surface area contributed by atoms with E-state index in [2.05, 4.69) is 34.0 Å². The van der Waals surface area contributed by atoms with Gasteiger partial charge in [-0.15, -0.1) is 35.4 Å². The van der Waals surface area contributed by atoms with Crippen LogP contribution < -0.4 is 11.1 Å². The van der Waals surface area contributed by atoms with Crippen LogP contribution in [0.2, 0.25) is 0 Å². The summed E-state index contributed by atoms with van der Waals surface area (Å²) in [6.45, 7) is 0. The first-order valence-electron chi connectivity index (χ1n) is 7.85. The quantitative estimate of drug-likeness (QED) is 0.191. The number of thioether (sulfide) groups is 1. The molecule has 0 aliphatic carbocycles. The second-order valence-electron chi connectivity index (χ2n) is 5.69. The molecule has 1 aromatic rings. The van der Waals surface area contributed by atoms with Crippen LogP contribution in [-0.2, 0) is 19.2 Å². The summed E-state index contributed by atoms with van der Waals surface area (Å²) in [6, 6.07) is -0.828. The minimum atomic E-state index is -0.828. The largest absolute Gasteiger partial charge is 0.398 e. The number of nitrogen functional groups attached to an aromatic ring is 1. The van der Waals surface area contributed by atoms with E-state index < -0.39 is 28.3 Å². The number of hydrogen-bond donors (Lipinski definition) is 3. The van der Waals surface area contributed by atoms with Crippen molar-refractivity contribution in [1.82, 2.24) is 15.2 Å². The fraction of sp³-hybridized carbons (Fsp3) is 0.312. The highest BCUT2D eigenvalue weighted by Gasteiger charge is 2.53. The van der Waals surface area contributed by atoms with Crippen LogP contribution in [0.15, 0.2) is 21.8 Å². The SMILES string of the molecule is C#CCC1=C(C(=O)S)N2C(=O)[C@@H](NC(=O)/C(=N\OC)c3csc(N)n3)[C@H]2SC1. The Labute approximate surface area is 174 Å². The van der Waals surface area contributed by atoms with Gasteiger partial charge in [-0.1, -0.05) is 17.8 Å². The summed E-state index contributed by atoms with van der Waals surface area (Å²) in [6.07, 6.45) is 5.59. The topological polar surface area (TPSA) is 127 Å². The van der Waals surface area contributed by atoms with E-state index in [0.717, 1.165) is 11.3 Å². The van der Waals surface area contributed by atoms with Gasteiger partial charge in [-0.05, 0) is 5.57 Å². The predicted octanol–water partition coefficient (Wildman–Crippen LogP) is 0.209. The number of nitrogens with zero attached hydrogens (tertiary/aromatic N) is 3. The fourth-order valence-electron chi connectivity index (χ4n) is 2.84. The van der Waals surface area contributed by atoms with Gasteiger partial charge in [0, 0.05) is 17.6 Å². The van der Waals surface area contributed by atoms with Crippen molar-refractivity contribution < 1.29 is 19.2 Å². The number of anilines is 1. The number of thiol groups is 1. The summed E-state index contributed by atoms with van der Waals surface area (Å²) in [4.78, 5) is 47.3. The van der Waals surface area contributed by atoms with E-state index in [1.165, 1.54) is 23.8 Å². The molecule has 0 spiro atoms. The molecule has 2 aliphatic heterocycles. The number of aromatic nitrogens is 1. The highest BCUT2D eigenvalue weighted by Crippen LogP contribution is 2.41. The first-order valence-corrected chi connectivity index (χ1v) is 10.2. The summed E-state index contributed by atoms with van der Waals surface area (Å²) in [7, 11) is 1.29. The van der Waals surface area contributed by atoms with Crippen molar-refractivity contribution in [1.29, 1.82) is 0 Å². The third-order valence-corrected chi connectivity index (χ3v) is 6.24. The zero-order valence-corrected chi connectivity index (χ0v) is 17.1. The Balaban J connectivity index is 1.79. The molecular formula is C16H15N5O4S3. The number of nitrogens with one attached hydrogen (secondary N) is 1. The highest BCUT2D eigenvalue weighted by molar-refractivity contribution is 8.00. The maximum atomic E-state index is 12.6. The van der Waals surface area contributed by atoms with Crippen molar-refractivity contribution in [2.75, 3.05) is 18.6 Å². The average Bonchev–Trinajstić information content (AvgIpc) is 3.09. The molecule has 2 aliphatic rings. The third-order valence-electron chi connectivity index (χ3n) is 4.01. The first-order chi connectivity index (χ1) is 13.4. The average molecular weight is 438 g/mol. The first kappa shape index (κ1) is 20.2. The molecule has 3 N–H and O–H groups in total. The number of fused-ring (bicyclic) bond motifs is 1. The molecule has 3 rings (SSSR count). The molecule has 0 aromatic carbocycles. The van der Waals surface area contributed by atoms with Crippen LogP contribution in [0.3, 0.4) is 0 Å². The van der Waals surface area contributed by atoms with E-state index in [4.69, 9.17) is 17.0 Å². The number of β-lactam (4-membered cyclic amide) rings is 1. The van der Waals surface area contributed by atoms with Gasteiger partial charge < -0.3 is 15.9 Å². The van der Waals surface area contributed by atoms with Crippen molar-refractivity contribution in [2.24, 2.45) is 5.16 Å². The van der Waals surface area contributed by atoms with Crippen molar-refractivity contribution in [3.05, 3.63) is 22.3 Å². The second kappa shape index (κ2) is 8.26. The van der Waals surface area contributed by atoms with Crippen LogP contribution in [0.1, 0.15) is 12.1 Å². The zero-order chi connectivity index (χ0) is 20.4. The van der Waals surface area contributed by atoms with Crippen LogP contribution in [0.5, 0.6) is 0 Å². The fourth-order valence-corrected chi connectivity index (χ4v) is 5.00. The molecule has 146 valence electrons. The predicted molar refractivity (Wildman–Crippen MR) is 110 cm³/mol. The van der Waals surface area contributed by atoms with Gasteiger partial charge in [0.2, 0.25) is 5.12 Å². The Hall–Kier alpha value is -2.49. The van der Waals surface area contributed by atoms with Gasteiger partial charge in [0.05, 0.1) is 0 Å². The van der Waals surface area contributed by atoms with E-state index in [-0.39, 0.29) is 28.7 Å². The van der Waals surface area contributed by atoms with Gasteiger partial charge in [-0.2, -0.15) is 0 Å². The van der Waals surface area contributed by atoms with Crippen LogP contribution in [0.4, 0.5) is 5.13 Å². The van der Waals surface area contributed by atoms with Crippen molar-refractivity contribution in [2.45, 2.75) is 17.8 Å². The van der Waals surface area contributed by atoms with E-state index in [9.17, 15) is 14.4 Å². The van der Waals surface area contributed by atoms with Crippen molar-refractivity contribution >= 4 is 63.5 Å². The maximum absolute atomic E-state index is 12.6. The lowest BCUT2D eigenvalue weighted by molar-refractivity contribution is -0.146. The Morgan fingerprint density at radius 2 is 2.36 bits per heavy atom. The molecule has 1 fully saturated rings. The van der Waals surface area contributed by atoms with Crippen molar-refractivity contribution in [3.63, 3.8) is 0 Å². The number of carbonyl (C=O) groups is 3. The van der Waals surface area contributed by atoms with Gasteiger partial charge in [0.1, 0.15) is 29.9 Å². The van der Waals surface area contributed by atoms with Crippen LogP contribution in [-0.4, -0.2) is 56.8 Å². The molecule has 0 unspecified atom stereocenters. The third kappa shape index (κ3) is 3.60. The number of rotatable bonds is 6. The molecule has 12 heteroatoms. The summed E-state index contributed by atoms with van der Waals surface area (Å²) < 4.78 is 0. The number of hydrogen-bond acceptors (Lipinski definition) is 9. The number of thiazole rings is 1. The van der Waals surface area contributed by atoms with Crippen LogP contribution in [0, 0.1) is 12.3 Å². The molecule has 2 atom stereocenters. The summed E-state index contributed by atoms with van der Waals surface area (Å²) >= 11 is 6.42. The minimum Gasteiger partial charge on any atom is -0.398 e. The number of terminal acetylenes is 1. The monoisotopic (exact) mass is 437 g/mol. The molecule has 2 amide bonds. The van der Waals surface area contributed by atoms with Gasteiger partial charge in [-0.25, -0.2) is 4.98 Å². The Kier molecular flexibility index (Phi) is 5.97. The molecule has 1 saturated heterocycles. The van der Waals surface area contributed by atoms with E-state index in [1.807, 2.05) is 0 Å². The smallest absolute Gasteiger partial charge is 0.276 e. The van der Waals surface area contributed by atoms with Crippen LogP contribution >= 0.6 is 35.7 Å². The molecular weight excluding hydrogens is 422 g/mol. The van der Waals surface area contributed by atoms with E-state index >= 15 is 0 Å². The minimum absolute atomic E-state index is 0.100. The lowest BCUT2D eigenvalue weighted by atomic mass is 10.0. The van der Waals surface area contributed by atoms with Crippen molar-refractivity contribution in [3.8, 4) is 12.3 Å². The Morgan fingerprint density at radius 1 is 1.61 bits per heavy atom. The molecule has 3 heterocycles. The number of amides is 2. The molecule has 0 bridgehead atoms. The van der Waals surface area contributed by atoms with E-state index in [1.54, 1.807) is 5.38 Å². The highest BCUT2D eigenvalue weighted by atomic mass is 32.2. The van der Waals surface area contributed by atoms with E-state index in [0.29, 0.717) is 11.3 Å². The molecule has 0 saturated carbocycles. The lowest BCUT2D eigenvalue weighted by Crippen LogP contribution is -2.70. The van der Waals surface area contributed by atoms with Gasteiger partial charge in [0.15, 0.2) is 10.8 Å². The number of carbonyl (C=O) groups excluding carboxylic acids is 3. The van der Waals surface area contributed by atoms with Crippen LogP contribution in [0.25, 0.3) is 0 Å². The summed E-state index contributed by atoms with van der Waals surface area (Å²) in [5.74, 6) is 1.88. The normalized spacial score (nSPS) is 21.5. The molecule has 28 heavy (non-hydrogen) atoms.